The molecule has 200 valence electrons. The first-order chi connectivity index (χ1) is 19.1. The van der Waals surface area contributed by atoms with Gasteiger partial charge in [0.25, 0.3) is 0 Å². The number of imidazole rings is 1. The predicted molar refractivity (Wildman–Crippen MR) is 151 cm³/mol. The first kappa shape index (κ1) is 25.2. The molecule has 0 spiro atoms. The number of fused-ring (bicyclic) bond motifs is 2. The summed E-state index contributed by atoms with van der Waals surface area (Å²) in [6.07, 6.45) is 12.7. The van der Waals surface area contributed by atoms with Gasteiger partial charge in [0.05, 0.1) is 28.8 Å². The maximum atomic E-state index is 13.8. The molecule has 2 unspecified atom stereocenters. The number of pyridine rings is 1. The van der Waals surface area contributed by atoms with Gasteiger partial charge in [0, 0.05) is 36.5 Å². The van der Waals surface area contributed by atoms with Gasteiger partial charge in [-0.15, -0.1) is 0 Å². The lowest BCUT2D eigenvalue weighted by Crippen LogP contribution is -2.17. The predicted octanol–water partition coefficient (Wildman–Crippen LogP) is 6.84. The van der Waals surface area contributed by atoms with Gasteiger partial charge in [0.15, 0.2) is 0 Å². The smallest absolute Gasteiger partial charge is 0.223 e. The molecule has 1 N–H and O–H groups in total. The monoisotopic (exact) mass is 524 g/mol. The van der Waals surface area contributed by atoms with Crippen LogP contribution in [0.1, 0.15) is 68.6 Å². The van der Waals surface area contributed by atoms with E-state index in [2.05, 4.69) is 45.9 Å². The van der Waals surface area contributed by atoms with Crippen LogP contribution in [-0.4, -0.2) is 37.7 Å². The van der Waals surface area contributed by atoms with Crippen LogP contribution in [0.25, 0.3) is 28.7 Å². The number of aryl methyl sites for hydroxylation is 1. The fourth-order valence-corrected chi connectivity index (χ4v) is 5.55. The molecule has 7 nitrogen and oxygen atoms in total. The van der Waals surface area contributed by atoms with Crippen LogP contribution in [0, 0.1) is 5.82 Å². The van der Waals surface area contributed by atoms with E-state index in [0.717, 1.165) is 78.6 Å². The molecular weight excluding hydrogens is 491 g/mol. The number of allylic oxidation sites excluding steroid dienone is 1. The topological polar surface area (TPSA) is 77.8 Å². The zero-order valence-electron chi connectivity index (χ0n) is 22.4. The molecule has 0 amide bonds. The summed E-state index contributed by atoms with van der Waals surface area (Å²) in [4.78, 5) is 18.9. The summed E-state index contributed by atoms with van der Waals surface area (Å²) in [5.41, 5.74) is 5.52. The second-order valence-corrected chi connectivity index (χ2v) is 10.3. The third kappa shape index (κ3) is 5.03. The Balaban J connectivity index is 1.37. The van der Waals surface area contributed by atoms with E-state index in [1.165, 1.54) is 17.7 Å². The van der Waals surface area contributed by atoms with Crippen molar-refractivity contribution < 1.29 is 9.13 Å². The second-order valence-electron chi connectivity index (χ2n) is 10.3. The summed E-state index contributed by atoms with van der Waals surface area (Å²) in [5.74, 6) is 2.58. The molecule has 1 aromatic carbocycles. The number of benzene rings is 1. The standard InChI is InChI=1S/C31H33FN6O/c1-3-4-16-34-31-35-17-14-25(36-31)30-29(21-8-10-22(32)11-9-21)37-27-13-12-23(38(27)30)19-39-26-15-18-33-24-7-5-6-20(2)28(24)26/h5,7-11,14-15,17-18,20,23H,3-4,6,12-13,16,19H2,1-2H3,(H,34,35,36). The quantitative estimate of drug-likeness (QED) is 0.242. The fourth-order valence-electron chi connectivity index (χ4n) is 5.55. The molecule has 2 aliphatic rings. The minimum absolute atomic E-state index is 0.0846. The molecule has 0 radical (unpaired) electrons. The van der Waals surface area contributed by atoms with Crippen LogP contribution in [0.4, 0.5) is 10.3 Å². The highest BCUT2D eigenvalue weighted by Gasteiger charge is 2.32. The minimum Gasteiger partial charge on any atom is -0.491 e. The number of aromatic nitrogens is 5. The maximum Gasteiger partial charge on any atom is 0.223 e. The van der Waals surface area contributed by atoms with Crippen molar-refractivity contribution in [2.24, 2.45) is 0 Å². The molecule has 1 aliphatic carbocycles. The summed E-state index contributed by atoms with van der Waals surface area (Å²) < 4.78 is 22.6. The Hall–Kier alpha value is -4.07. The van der Waals surface area contributed by atoms with E-state index < -0.39 is 0 Å². The maximum absolute atomic E-state index is 13.8. The second kappa shape index (κ2) is 11.0. The van der Waals surface area contributed by atoms with E-state index in [1.807, 2.05) is 18.3 Å². The number of hydrogen-bond acceptors (Lipinski definition) is 6. The third-order valence-corrected chi connectivity index (χ3v) is 7.55. The molecule has 1 aliphatic heterocycles. The number of nitrogens with one attached hydrogen (secondary N) is 1. The number of halogens is 1. The van der Waals surface area contributed by atoms with Crippen LogP contribution in [0.15, 0.2) is 54.9 Å². The van der Waals surface area contributed by atoms with Crippen LogP contribution in [0.2, 0.25) is 0 Å². The summed E-state index contributed by atoms with van der Waals surface area (Å²) in [6.45, 7) is 5.70. The Morgan fingerprint density at radius 3 is 2.77 bits per heavy atom. The molecule has 0 fully saturated rings. The SMILES string of the molecule is CCCCNc1nccc(-c2c(-c3ccc(F)cc3)nc3n2C(COc2ccnc4c2C(C)CC=C4)CC3)n1. The Kier molecular flexibility index (Phi) is 7.09. The number of nitrogens with zero attached hydrogens (tertiary/aromatic N) is 5. The van der Waals surface area contributed by atoms with Crippen molar-refractivity contribution in [1.29, 1.82) is 0 Å². The molecule has 8 heteroatoms. The number of unbranched alkanes of at least 4 members (excludes halogenated alkanes) is 1. The van der Waals surface area contributed by atoms with Gasteiger partial charge in [0.1, 0.15) is 24.0 Å². The molecule has 4 aromatic rings. The third-order valence-electron chi connectivity index (χ3n) is 7.55. The highest BCUT2D eigenvalue weighted by atomic mass is 19.1. The van der Waals surface area contributed by atoms with Gasteiger partial charge in [-0.2, -0.15) is 0 Å². The van der Waals surface area contributed by atoms with Crippen molar-refractivity contribution in [3.05, 3.63) is 77.8 Å². The van der Waals surface area contributed by atoms with Gasteiger partial charge in [-0.05, 0) is 67.7 Å². The highest BCUT2D eigenvalue weighted by molar-refractivity contribution is 5.78. The summed E-state index contributed by atoms with van der Waals surface area (Å²) >= 11 is 0. The van der Waals surface area contributed by atoms with E-state index >= 15 is 0 Å². The zero-order chi connectivity index (χ0) is 26.8. The van der Waals surface area contributed by atoms with Crippen molar-refractivity contribution in [1.82, 2.24) is 24.5 Å². The van der Waals surface area contributed by atoms with Crippen LogP contribution in [0.3, 0.4) is 0 Å². The highest BCUT2D eigenvalue weighted by Crippen LogP contribution is 2.40. The van der Waals surface area contributed by atoms with E-state index in [0.29, 0.717) is 18.5 Å². The van der Waals surface area contributed by atoms with Gasteiger partial charge >= 0.3 is 0 Å². The van der Waals surface area contributed by atoms with Crippen LogP contribution < -0.4 is 10.1 Å². The first-order valence-electron chi connectivity index (χ1n) is 13.8. The van der Waals surface area contributed by atoms with Gasteiger partial charge in [-0.3, -0.25) is 4.98 Å². The zero-order valence-corrected chi connectivity index (χ0v) is 22.4. The summed E-state index contributed by atoms with van der Waals surface area (Å²) in [7, 11) is 0. The van der Waals surface area contributed by atoms with Crippen LogP contribution >= 0.6 is 0 Å². The van der Waals surface area contributed by atoms with Crippen molar-refractivity contribution in [3.63, 3.8) is 0 Å². The number of anilines is 1. The fraction of sp³-hybridized carbons (Fsp3) is 0.355. The Morgan fingerprint density at radius 2 is 1.92 bits per heavy atom. The Bertz CT molecular complexity index is 1500. The number of ether oxygens (including phenoxy) is 1. The lowest BCUT2D eigenvalue weighted by molar-refractivity contribution is 0.252. The molecule has 6 rings (SSSR count). The largest absolute Gasteiger partial charge is 0.491 e. The Morgan fingerprint density at radius 1 is 1.08 bits per heavy atom. The summed E-state index contributed by atoms with van der Waals surface area (Å²) in [5, 5.41) is 3.34. The molecule has 39 heavy (non-hydrogen) atoms. The molecule has 0 saturated heterocycles. The average Bonchev–Trinajstić information content (AvgIpc) is 3.52. The van der Waals surface area contributed by atoms with Gasteiger partial charge in [-0.25, -0.2) is 19.3 Å². The van der Waals surface area contributed by atoms with E-state index in [-0.39, 0.29) is 11.9 Å². The molecule has 0 bridgehead atoms. The molecule has 3 aromatic heterocycles. The lowest BCUT2D eigenvalue weighted by Gasteiger charge is -2.23. The minimum atomic E-state index is -0.271. The Labute approximate surface area is 228 Å². The van der Waals surface area contributed by atoms with E-state index in [4.69, 9.17) is 14.7 Å². The molecule has 4 heterocycles. The van der Waals surface area contributed by atoms with Crippen molar-refractivity contribution >= 4 is 12.0 Å². The average molecular weight is 525 g/mol. The van der Waals surface area contributed by atoms with Crippen molar-refractivity contribution in [2.45, 2.75) is 57.9 Å². The normalized spacial score (nSPS) is 17.6. The van der Waals surface area contributed by atoms with Gasteiger partial charge in [0.2, 0.25) is 5.95 Å². The molecule has 0 saturated carbocycles. The summed E-state index contributed by atoms with van der Waals surface area (Å²) in [6, 6.07) is 10.5. The van der Waals surface area contributed by atoms with E-state index in [9.17, 15) is 4.39 Å². The van der Waals surface area contributed by atoms with Gasteiger partial charge < -0.3 is 14.6 Å². The van der Waals surface area contributed by atoms with Crippen molar-refractivity contribution in [2.75, 3.05) is 18.5 Å². The molecule has 2 atom stereocenters. The van der Waals surface area contributed by atoms with E-state index in [1.54, 1.807) is 18.3 Å². The van der Waals surface area contributed by atoms with Crippen molar-refractivity contribution in [3.8, 4) is 28.4 Å². The molecular formula is C31H33FN6O. The number of rotatable bonds is 9. The number of hydrogen-bond donors (Lipinski definition) is 1. The van der Waals surface area contributed by atoms with Crippen LogP contribution in [-0.2, 0) is 6.42 Å². The van der Waals surface area contributed by atoms with Gasteiger partial charge in [-0.1, -0.05) is 26.3 Å². The lowest BCUT2D eigenvalue weighted by atomic mass is 9.91. The first-order valence-corrected chi connectivity index (χ1v) is 13.8. The van der Waals surface area contributed by atoms with Crippen LogP contribution in [0.5, 0.6) is 5.75 Å².